The Bertz CT molecular complexity index is 924. The predicted octanol–water partition coefficient (Wildman–Crippen LogP) is 4.57. The van der Waals surface area contributed by atoms with Gasteiger partial charge in [0, 0.05) is 19.8 Å². The average molecular weight is 415 g/mol. The van der Waals surface area contributed by atoms with Crippen molar-refractivity contribution in [2.24, 2.45) is 0 Å². The highest BCUT2D eigenvalue weighted by atomic mass is 32.2. The highest BCUT2D eigenvalue weighted by Gasteiger charge is 2.33. The van der Waals surface area contributed by atoms with Crippen molar-refractivity contribution in [1.82, 2.24) is 0 Å². The third-order valence-electron chi connectivity index (χ3n) is 4.20. The molecular weight excluding hydrogens is 392 g/mol. The molecule has 0 saturated carbocycles. The summed E-state index contributed by atoms with van der Waals surface area (Å²) in [6.07, 6.45) is 1.83. The number of thiocarbonyl (C=S) groups is 1. The van der Waals surface area contributed by atoms with Crippen molar-refractivity contribution in [3.8, 4) is 11.5 Å². The van der Waals surface area contributed by atoms with Crippen LogP contribution in [0.25, 0.3) is 6.08 Å². The second-order valence-corrected chi connectivity index (χ2v) is 7.95. The molecule has 0 radical (unpaired) electrons. The minimum absolute atomic E-state index is 0.124. The van der Waals surface area contributed by atoms with E-state index < -0.39 is 0 Å². The average Bonchev–Trinajstić information content (AvgIpc) is 2.95. The number of benzene rings is 2. The van der Waals surface area contributed by atoms with Crippen LogP contribution >= 0.6 is 24.0 Å². The minimum atomic E-state index is -0.124. The van der Waals surface area contributed by atoms with Crippen LogP contribution in [0.1, 0.15) is 12.5 Å². The van der Waals surface area contributed by atoms with E-state index in [1.165, 1.54) is 11.8 Å². The molecule has 0 spiro atoms. The van der Waals surface area contributed by atoms with Gasteiger partial charge in [0.15, 0.2) is 15.8 Å². The van der Waals surface area contributed by atoms with Crippen molar-refractivity contribution < 1.29 is 14.3 Å². The van der Waals surface area contributed by atoms with Gasteiger partial charge in [0.25, 0.3) is 5.91 Å². The Balaban J connectivity index is 1.87. The van der Waals surface area contributed by atoms with Gasteiger partial charge in [-0.3, -0.25) is 9.69 Å². The number of nitrogens with zero attached hydrogens (tertiary/aromatic N) is 2. The van der Waals surface area contributed by atoms with Gasteiger partial charge in [-0.2, -0.15) is 0 Å². The molecule has 1 aliphatic rings. The first-order valence-corrected chi connectivity index (χ1v) is 10.0. The van der Waals surface area contributed by atoms with Crippen LogP contribution in [0.15, 0.2) is 47.4 Å². The first-order chi connectivity index (χ1) is 13.4. The Morgan fingerprint density at radius 2 is 1.86 bits per heavy atom. The molecule has 0 atom stereocenters. The molecule has 0 aromatic heterocycles. The number of carbonyl (C=O) groups excluding carboxylic acids is 1. The topological polar surface area (TPSA) is 42.0 Å². The number of hydrogen-bond donors (Lipinski definition) is 0. The molecule has 2 aromatic carbocycles. The number of amides is 1. The predicted molar refractivity (Wildman–Crippen MR) is 121 cm³/mol. The zero-order chi connectivity index (χ0) is 20.3. The summed E-state index contributed by atoms with van der Waals surface area (Å²) in [7, 11) is 5.55. The fourth-order valence-corrected chi connectivity index (χ4v) is 4.09. The number of carbonyl (C=O) groups is 1. The van der Waals surface area contributed by atoms with Gasteiger partial charge in [0.2, 0.25) is 0 Å². The van der Waals surface area contributed by atoms with Crippen LogP contribution in [-0.4, -0.2) is 38.0 Å². The smallest absolute Gasteiger partial charge is 0.270 e. The quantitative estimate of drug-likeness (QED) is 0.510. The minimum Gasteiger partial charge on any atom is -0.493 e. The van der Waals surface area contributed by atoms with Gasteiger partial charge in [-0.25, -0.2) is 0 Å². The molecule has 2 aromatic rings. The Morgan fingerprint density at radius 3 is 2.46 bits per heavy atom. The van der Waals surface area contributed by atoms with Crippen LogP contribution in [-0.2, 0) is 4.79 Å². The Morgan fingerprint density at radius 1 is 1.14 bits per heavy atom. The molecule has 146 valence electrons. The van der Waals surface area contributed by atoms with Gasteiger partial charge in [-0.1, -0.05) is 30.0 Å². The van der Waals surface area contributed by atoms with E-state index in [0.717, 1.165) is 16.9 Å². The molecule has 0 N–H and O–H groups in total. The van der Waals surface area contributed by atoms with Crippen LogP contribution in [0.2, 0.25) is 0 Å². The molecular formula is C21H22N2O3S2. The molecule has 1 aliphatic heterocycles. The van der Waals surface area contributed by atoms with E-state index in [4.69, 9.17) is 21.7 Å². The lowest BCUT2D eigenvalue weighted by molar-refractivity contribution is -0.113. The summed E-state index contributed by atoms with van der Waals surface area (Å²) in [5.41, 5.74) is 2.68. The molecule has 1 heterocycles. The largest absolute Gasteiger partial charge is 0.493 e. The lowest BCUT2D eigenvalue weighted by Gasteiger charge is -2.17. The van der Waals surface area contributed by atoms with Crippen molar-refractivity contribution in [2.75, 3.05) is 37.6 Å². The van der Waals surface area contributed by atoms with Crippen molar-refractivity contribution in [3.05, 3.63) is 52.9 Å². The van der Waals surface area contributed by atoms with Crippen molar-refractivity contribution in [1.29, 1.82) is 0 Å². The molecule has 1 amide bonds. The summed E-state index contributed by atoms with van der Waals surface area (Å²) in [5.74, 6) is 1.18. The molecule has 3 rings (SSSR count). The second-order valence-electron chi connectivity index (χ2n) is 6.27. The lowest BCUT2D eigenvalue weighted by Crippen LogP contribution is -2.27. The van der Waals surface area contributed by atoms with Crippen LogP contribution in [0.3, 0.4) is 0 Å². The van der Waals surface area contributed by atoms with Gasteiger partial charge in [0.05, 0.1) is 24.3 Å². The van der Waals surface area contributed by atoms with Gasteiger partial charge in [-0.15, -0.1) is 0 Å². The summed E-state index contributed by atoms with van der Waals surface area (Å²) in [4.78, 5) is 17.1. The summed E-state index contributed by atoms with van der Waals surface area (Å²) < 4.78 is 11.4. The maximum Gasteiger partial charge on any atom is 0.270 e. The second kappa shape index (κ2) is 8.67. The van der Waals surface area contributed by atoms with Crippen LogP contribution < -0.4 is 19.3 Å². The van der Waals surface area contributed by atoms with Crippen LogP contribution in [0.4, 0.5) is 11.4 Å². The Kier molecular flexibility index (Phi) is 6.26. The maximum absolute atomic E-state index is 13.0. The number of thioether (sulfide) groups is 1. The number of anilines is 2. The molecule has 28 heavy (non-hydrogen) atoms. The molecule has 0 unspecified atom stereocenters. The number of ether oxygens (including phenoxy) is 2. The molecule has 5 nitrogen and oxygen atoms in total. The fourth-order valence-electron chi connectivity index (χ4n) is 2.79. The first kappa shape index (κ1) is 20.2. The van der Waals surface area contributed by atoms with Crippen LogP contribution in [0.5, 0.6) is 11.5 Å². The zero-order valence-electron chi connectivity index (χ0n) is 16.3. The maximum atomic E-state index is 13.0. The Labute approximate surface area is 174 Å². The number of methoxy groups -OCH3 is 1. The highest BCUT2D eigenvalue weighted by Crippen LogP contribution is 2.37. The molecule has 0 bridgehead atoms. The van der Waals surface area contributed by atoms with Gasteiger partial charge in [-0.05, 0) is 55.0 Å². The summed E-state index contributed by atoms with van der Waals surface area (Å²) in [5, 5.41) is 0. The van der Waals surface area contributed by atoms with E-state index >= 15 is 0 Å². The highest BCUT2D eigenvalue weighted by molar-refractivity contribution is 8.27. The van der Waals surface area contributed by atoms with Crippen molar-refractivity contribution >= 4 is 51.7 Å². The van der Waals surface area contributed by atoms with Gasteiger partial charge < -0.3 is 14.4 Å². The van der Waals surface area contributed by atoms with E-state index in [9.17, 15) is 4.79 Å². The summed E-state index contributed by atoms with van der Waals surface area (Å²) in [6, 6.07) is 13.3. The van der Waals surface area contributed by atoms with E-state index in [1.54, 1.807) is 12.0 Å². The normalized spacial score (nSPS) is 15.3. The standard InChI is InChI=1S/C21H22N2O3S2/c1-5-26-18-12-14(6-11-17(18)25-4)13-19-20(24)23(21(27)28-19)16-9-7-15(8-10-16)22(2)3/h6-13H,5H2,1-4H3. The third-order valence-corrected chi connectivity index (χ3v) is 5.51. The molecule has 0 aliphatic carbocycles. The van der Waals surface area contributed by atoms with Gasteiger partial charge >= 0.3 is 0 Å². The molecule has 7 heteroatoms. The van der Waals surface area contributed by atoms with E-state index in [0.29, 0.717) is 27.3 Å². The monoisotopic (exact) mass is 414 g/mol. The first-order valence-electron chi connectivity index (χ1n) is 8.80. The third kappa shape index (κ3) is 4.15. The summed E-state index contributed by atoms with van der Waals surface area (Å²) in [6.45, 7) is 2.45. The fraction of sp³-hybridized carbons (Fsp3) is 0.238. The van der Waals surface area contributed by atoms with Gasteiger partial charge in [0.1, 0.15) is 0 Å². The number of hydrogen-bond acceptors (Lipinski definition) is 6. The van der Waals surface area contributed by atoms with E-state index in [1.807, 2.05) is 74.5 Å². The molecule has 1 fully saturated rings. The lowest BCUT2D eigenvalue weighted by atomic mass is 10.1. The van der Waals surface area contributed by atoms with Crippen LogP contribution in [0, 0.1) is 0 Å². The zero-order valence-corrected chi connectivity index (χ0v) is 17.9. The van der Waals surface area contributed by atoms with E-state index in [2.05, 4.69) is 0 Å². The van der Waals surface area contributed by atoms with Crippen molar-refractivity contribution in [3.63, 3.8) is 0 Å². The SMILES string of the molecule is CCOc1cc(C=C2SC(=S)N(c3ccc(N(C)C)cc3)C2=O)ccc1OC. The molecule has 1 saturated heterocycles. The summed E-state index contributed by atoms with van der Waals surface area (Å²) >= 11 is 6.75. The van der Waals surface area contributed by atoms with Crippen molar-refractivity contribution in [2.45, 2.75) is 6.92 Å². The number of rotatable bonds is 6. The Hall–Kier alpha value is -2.51. The van der Waals surface area contributed by atoms with E-state index in [-0.39, 0.29) is 5.91 Å².